The monoisotopic (exact) mass is 274 g/mol. The highest BCUT2D eigenvalue weighted by atomic mass is 32.1. The number of nitrogens with zero attached hydrogens (tertiary/aromatic N) is 3. The Kier molecular flexibility index (Phi) is 3.38. The third-order valence-electron chi connectivity index (χ3n) is 3.77. The van der Waals surface area contributed by atoms with Crippen molar-refractivity contribution in [3.8, 4) is 5.69 Å². The van der Waals surface area contributed by atoms with Crippen molar-refractivity contribution in [2.45, 2.75) is 19.3 Å². The van der Waals surface area contributed by atoms with Gasteiger partial charge in [0.15, 0.2) is 0 Å². The van der Waals surface area contributed by atoms with Crippen molar-refractivity contribution in [3.63, 3.8) is 0 Å². The van der Waals surface area contributed by atoms with E-state index in [9.17, 15) is 0 Å². The molecule has 0 atom stereocenters. The van der Waals surface area contributed by atoms with Gasteiger partial charge in [0.2, 0.25) is 10.7 Å². The fourth-order valence-electron chi connectivity index (χ4n) is 2.50. The first-order valence-corrected chi connectivity index (χ1v) is 7.10. The van der Waals surface area contributed by atoms with Gasteiger partial charge in [0.1, 0.15) is 0 Å². The molecule has 0 aliphatic heterocycles. The molecule has 100 valence electrons. The van der Waals surface area contributed by atoms with E-state index in [1.165, 1.54) is 19.3 Å². The van der Waals surface area contributed by atoms with E-state index in [4.69, 9.17) is 12.2 Å². The number of nitrogens with one attached hydrogen (secondary N) is 1. The van der Waals surface area contributed by atoms with Gasteiger partial charge in [-0.05, 0) is 43.1 Å². The molecule has 0 spiro atoms. The normalized spacial score (nSPS) is 15.2. The van der Waals surface area contributed by atoms with E-state index in [-0.39, 0.29) is 0 Å². The first kappa shape index (κ1) is 12.4. The van der Waals surface area contributed by atoms with Gasteiger partial charge in [-0.1, -0.05) is 24.6 Å². The maximum Gasteiger partial charge on any atom is 0.230 e. The van der Waals surface area contributed by atoms with Crippen LogP contribution in [0.4, 0.5) is 5.95 Å². The van der Waals surface area contributed by atoms with Crippen LogP contribution in [-0.4, -0.2) is 28.4 Å². The summed E-state index contributed by atoms with van der Waals surface area (Å²) in [5, 5.41) is 7.28. The Hall–Kier alpha value is -1.62. The van der Waals surface area contributed by atoms with Crippen LogP contribution in [0.25, 0.3) is 5.69 Å². The molecule has 1 aliphatic carbocycles. The van der Waals surface area contributed by atoms with Gasteiger partial charge in [-0.15, -0.1) is 5.10 Å². The molecule has 3 rings (SSSR count). The van der Waals surface area contributed by atoms with Crippen molar-refractivity contribution >= 4 is 18.2 Å². The van der Waals surface area contributed by atoms with E-state index in [2.05, 4.69) is 22.1 Å². The number of hydrogen-bond donors (Lipinski definition) is 1. The summed E-state index contributed by atoms with van der Waals surface area (Å²) in [6.07, 6.45) is 4.03. The summed E-state index contributed by atoms with van der Waals surface area (Å²) >= 11 is 5.35. The standard InChI is InChI=1S/C14H18N4S/c1-17(10-11-6-5-7-11)13-15-16-14(19)18(13)12-8-3-2-4-9-12/h2-4,8-9,11H,5-7,10H2,1H3,(H,16,19). The summed E-state index contributed by atoms with van der Waals surface area (Å²) in [4.78, 5) is 2.20. The van der Waals surface area contributed by atoms with Crippen LogP contribution in [0.2, 0.25) is 0 Å². The minimum atomic E-state index is 0.640. The third kappa shape index (κ3) is 2.42. The molecule has 0 amide bonds. The number of aromatic amines is 1. The lowest BCUT2D eigenvalue weighted by Crippen LogP contribution is -2.31. The first-order valence-electron chi connectivity index (χ1n) is 6.69. The van der Waals surface area contributed by atoms with Gasteiger partial charge in [-0.25, -0.2) is 5.10 Å². The van der Waals surface area contributed by atoms with Gasteiger partial charge < -0.3 is 4.90 Å². The zero-order valence-electron chi connectivity index (χ0n) is 11.0. The third-order valence-corrected chi connectivity index (χ3v) is 4.04. The maximum absolute atomic E-state index is 5.35. The smallest absolute Gasteiger partial charge is 0.230 e. The van der Waals surface area contributed by atoms with Gasteiger partial charge in [0.25, 0.3) is 0 Å². The van der Waals surface area contributed by atoms with E-state index >= 15 is 0 Å². The molecule has 1 aromatic carbocycles. The summed E-state index contributed by atoms with van der Waals surface area (Å²) < 4.78 is 2.63. The van der Waals surface area contributed by atoms with Crippen molar-refractivity contribution in [2.24, 2.45) is 5.92 Å². The zero-order valence-corrected chi connectivity index (χ0v) is 11.9. The number of hydrogen-bond acceptors (Lipinski definition) is 3. The Morgan fingerprint density at radius 1 is 1.37 bits per heavy atom. The van der Waals surface area contributed by atoms with Crippen molar-refractivity contribution in [1.82, 2.24) is 14.8 Å². The van der Waals surface area contributed by atoms with Crippen molar-refractivity contribution in [2.75, 3.05) is 18.5 Å². The molecule has 1 saturated carbocycles. The number of para-hydroxylation sites is 1. The van der Waals surface area contributed by atoms with Crippen molar-refractivity contribution in [1.29, 1.82) is 0 Å². The fourth-order valence-corrected chi connectivity index (χ4v) is 2.73. The van der Waals surface area contributed by atoms with Crippen LogP contribution in [-0.2, 0) is 0 Å². The van der Waals surface area contributed by atoms with E-state index in [0.717, 1.165) is 24.1 Å². The molecule has 0 unspecified atom stereocenters. The molecule has 0 radical (unpaired) electrons. The van der Waals surface area contributed by atoms with E-state index in [0.29, 0.717) is 4.77 Å². The Morgan fingerprint density at radius 2 is 2.11 bits per heavy atom. The molecule has 5 heteroatoms. The highest BCUT2D eigenvalue weighted by molar-refractivity contribution is 7.71. The zero-order chi connectivity index (χ0) is 13.2. The summed E-state index contributed by atoms with van der Waals surface area (Å²) in [6.45, 7) is 1.05. The highest BCUT2D eigenvalue weighted by Crippen LogP contribution is 2.28. The number of aromatic nitrogens is 3. The van der Waals surface area contributed by atoms with E-state index < -0.39 is 0 Å². The molecule has 4 nitrogen and oxygen atoms in total. The van der Waals surface area contributed by atoms with Crippen molar-refractivity contribution < 1.29 is 0 Å². The second kappa shape index (κ2) is 5.17. The molecule has 0 saturated heterocycles. The molecule has 1 aromatic heterocycles. The minimum Gasteiger partial charge on any atom is -0.343 e. The largest absolute Gasteiger partial charge is 0.343 e. The lowest BCUT2D eigenvalue weighted by molar-refractivity contribution is 0.320. The van der Waals surface area contributed by atoms with Crippen LogP contribution in [0.15, 0.2) is 30.3 Å². The SMILES string of the molecule is CN(CC1CCC1)c1n[nH]c(=S)n1-c1ccccc1. The lowest BCUT2D eigenvalue weighted by atomic mass is 9.85. The van der Waals surface area contributed by atoms with Gasteiger partial charge in [0, 0.05) is 13.6 Å². The molecule has 2 aromatic rings. The van der Waals surface area contributed by atoms with E-state index in [1.807, 2.05) is 34.9 Å². The van der Waals surface area contributed by atoms with Gasteiger partial charge in [0.05, 0.1) is 5.69 Å². The van der Waals surface area contributed by atoms with Crippen LogP contribution in [0, 0.1) is 10.7 Å². The Labute approximate surface area is 118 Å². The topological polar surface area (TPSA) is 36.9 Å². The van der Waals surface area contributed by atoms with Crippen LogP contribution < -0.4 is 4.90 Å². The second-order valence-electron chi connectivity index (χ2n) is 5.18. The molecular formula is C14H18N4S. The maximum atomic E-state index is 5.35. The molecule has 1 heterocycles. The summed E-state index contributed by atoms with van der Waals surface area (Å²) in [7, 11) is 2.09. The molecular weight excluding hydrogens is 256 g/mol. The van der Waals surface area contributed by atoms with E-state index in [1.54, 1.807) is 0 Å². The fraction of sp³-hybridized carbons (Fsp3) is 0.429. The van der Waals surface area contributed by atoms with Crippen LogP contribution in [0.5, 0.6) is 0 Å². The number of H-pyrrole nitrogens is 1. The molecule has 1 aliphatic rings. The van der Waals surface area contributed by atoms with Gasteiger partial charge in [-0.2, -0.15) is 0 Å². The Bertz CT molecular complexity index is 597. The molecule has 1 fully saturated rings. The Balaban J connectivity index is 1.91. The van der Waals surface area contributed by atoms with Crippen LogP contribution in [0.1, 0.15) is 19.3 Å². The summed E-state index contributed by atoms with van der Waals surface area (Å²) in [5.74, 6) is 1.70. The number of anilines is 1. The van der Waals surface area contributed by atoms with Crippen LogP contribution >= 0.6 is 12.2 Å². The molecule has 1 N–H and O–H groups in total. The average Bonchev–Trinajstić information content (AvgIpc) is 2.77. The predicted molar refractivity (Wildman–Crippen MR) is 79.4 cm³/mol. The lowest BCUT2D eigenvalue weighted by Gasteiger charge is -2.30. The number of rotatable bonds is 4. The predicted octanol–water partition coefficient (Wildman–Crippen LogP) is 3.17. The molecule has 19 heavy (non-hydrogen) atoms. The Morgan fingerprint density at radius 3 is 2.74 bits per heavy atom. The van der Waals surface area contributed by atoms with Gasteiger partial charge in [-0.3, -0.25) is 4.57 Å². The van der Waals surface area contributed by atoms with Crippen LogP contribution in [0.3, 0.4) is 0 Å². The number of benzene rings is 1. The second-order valence-corrected chi connectivity index (χ2v) is 5.56. The van der Waals surface area contributed by atoms with Gasteiger partial charge >= 0.3 is 0 Å². The average molecular weight is 274 g/mol. The minimum absolute atomic E-state index is 0.640. The van der Waals surface area contributed by atoms with Crippen molar-refractivity contribution in [3.05, 3.63) is 35.1 Å². The summed E-state index contributed by atoms with van der Waals surface area (Å²) in [5.41, 5.74) is 1.05. The quantitative estimate of drug-likeness (QED) is 0.870. The molecule has 0 bridgehead atoms. The first-order chi connectivity index (χ1) is 9.25. The highest BCUT2D eigenvalue weighted by Gasteiger charge is 2.21. The summed E-state index contributed by atoms with van der Waals surface area (Å²) in [6, 6.07) is 10.1.